The lowest BCUT2D eigenvalue weighted by Crippen LogP contribution is -2.45. The van der Waals surface area contributed by atoms with Crippen LogP contribution in [0, 0.1) is 0 Å². The Labute approximate surface area is 142 Å². The largest absolute Gasteiger partial charge is 0.417 e. The number of hydrogen-bond donors (Lipinski definition) is 1. The van der Waals surface area contributed by atoms with Gasteiger partial charge in [0.2, 0.25) is 6.43 Å². The summed E-state index contributed by atoms with van der Waals surface area (Å²) in [6.07, 6.45) is -7.77. The zero-order valence-electron chi connectivity index (χ0n) is 12.0. The van der Waals surface area contributed by atoms with E-state index >= 15 is 0 Å². The van der Waals surface area contributed by atoms with Gasteiger partial charge in [0.1, 0.15) is 0 Å². The molecule has 0 unspecified atom stereocenters. The number of benzene rings is 1. The molecule has 1 aromatic rings. The molecule has 1 atom stereocenters. The van der Waals surface area contributed by atoms with E-state index in [4.69, 9.17) is 11.6 Å². The maximum Gasteiger partial charge on any atom is 0.417 e. The van der Waals surface area contributed by atoms with E-state index in [1.54, 1.807) is 4.90 Å². The van der Waals surface area contributed by atoms with E-state index in [0.717, 1.165) is 6.07 Å². The van der Waals surface area contributed by atoms with E-state index in [1.165, 1.54) is 12.1 Å². The minimum Gasteiger partial charge on any atom is -0.314 e. The van der Waals surface area contributed by atoms with Crippen LogP contribution in [0.15, 0.2) is 18.2 Å². The average molecular weight is 379 g/mol. The van der Waals surface area contributed by atoms with Gasteiger partial charge < -0.3 is 5.32 Å². The molecule has 0 aromatic heterocycles. The molecule has 0 saturated carbocycles. The molecule has 9 heteroatoms. The summed E-state index contributed by atoms with van der Waals surface area (Å²) >= 11 is 5.88. The van der Waals surface area contributed by atoms with Crippen molar-refractivity contribution in [1.82, 2.24) is 10.2 Å². The molecule has 132 valence electrons. The van der Waals surface area contributed by atoms with Crippen LogP contribution in [-0.4, -0.2) is 37.5 Å². The first-order chi connectivity index (χ1) is 10.3. The lowest BCUT2D eigenvalue weighted by atomic mass is 9.98. The van der Waals surface area contributed by atoms with Crippen LogP contribution in [0.5, 0.6) is 0 Å². The molecule has 1 N–H and O–H groups in total. The van der Waals surface area contributed by atoms with Crippen LogP contribution in [-0.2, 0) is 6.18 Å². The van der Waals surface area contributed by atoms with Crippen LogP contribution < -0.4 is 5.32 Å². The highest BCUT2D eigenvalue weighted by atomic mass is 35.5. The van der Waals surface area contributed by atoms with Gasteiger partial charge in [-0.1, -0.05) is 23.7 Å². The summed E-state index contributed by atoms with van der Waals surface area (Å²) in [5.41, 5.74) is -0.875. The molecule has 1 fully saturated rings. The van der Waals surface area contributed by atoms with Gasteiger partial charge in [0.25, 0.3) is 0 Å². The first-order valence-corrected chi connectivity index (χ1v) is 7.27. The minimum atomic E-state index is -4.61. The predicted octanol–water partition coefficient (Wildman–Crippen LogP) is 4.38. The monoisotopic (exact) mass is 378 g/mol. The van der Waals surface area contributed by atoms with E-state index in [-0.39, 0.29) is 18.0 Å². The molecule has 1 aromatic carbocycles. The van der Waals surface area contributed by atoms with Crippen molar-refractivity contribution < 1.29 is 22.0 Å². The summed E-state index contributed by atoms with van der Waals surface area (Å²) in [5, 5.41) is 2.60. The second-order valence-corrected chi connectivity index (χ2v) is 5.51. The van der Waals surface area contributed by atoms with Crippen molar-refractivity contribution >= 4 is 24.0 Å². The van der Waals surface area contributed by atoms with Crippen molar-refractivity contribution in [1.29, 1.82) is 0 Å². The summed E-state index contributed by atoms with van der Waals surface area (Å²) in [5.74, 6) is 0. The van der Waals surface area contributed by atoms with Crippen LogP contribution in [0.2, 0.25) is 5.02 Å². The highest BCUT2D eigenvalue weighted by molar-refractivity contribution is 6.32. The number of alkyl halides is 5. The highest BCUT2D eigenvalue weighted by Gasteiger charge is 2.36. The Hall–Kier alpha value is -0.630. The lowest BCUT2D eigenvalue weighted by molar-refractivity contribution is -0.137. The van der Waals surface area contributed by atoms with Crippen molar-refractivity contribution in [2.75, 3.05) is 26.2 Å². The van der Waals surface area contributed by atoms with Gasteiger partial charge >= 0.3 is 6.18 Å². The first kappa shape index (κ1) is 20.4. The molecule has 0 bridgehead atoms. The number of halogens is 7. The normalized spacial score (nSPS) is 17.9. The third-order valence-corrected chi connectivity index (χ3v) is 4.11. The molecule has 0 spiro atoms. The van der Waals surface area contributed by atoms with E-state index in [0.29, 0.717) is 26.2 Å². The van der Waals surface area contributed by atoms with E-state index in [2.05, 4.69) is 5.32 Å². The summed E-state index contributed by atoms with van der Waals surface area (Å²) in [4.78, 5) is 1.75. The van der Waals surface area contributed by atoms with Gasteiger partial charge in [0, 0.05) is 38.6 Å². The smallest absolute Gasteiger partial charge is 0.314 e. The second kappa shape index (κ2) is 8.46. The van der Waals surface area contributed by atoms with E-state index in [1.807, 2.05) is 0 Å². The summed E-state index contributed by atoms with van der Waals surface area (Å²) < 4.78 is 64.6. The Bertz CT molecular complexity index is 504. The van der Waals surface area contributed by atoms with Crippen LogP contribution >= 0.6 is 24.0 Å². The number of rotatable bonds is 4. The van der Waals surface area contributed by atoms with E-state index < -0.39 is 35.7 Å². The molecule has 0 amide bonds. The SMILES string of the molecule is Cl.FC(F)C[C@@H](c1cccc(C(F)(F)F)c1Cl)N1CCNCC1. The standard InChI is InChI=1S/C14H16ClF5N2.ClH/c15-13-9(2-1-3-10(13)14(18,19)20)11(8-12(16)17)22-6-4-21-5-7-22;/h1-3,11-12,21H,4-8H2;1H/t11-;/m0./s1. The zero-order chi connectivity index (χ0) is 16.3. The number of piperazine rings is 1. The van der Waals surface area contributed by atoms with Gasteiger partial charge in [0.05, 0.1) is 10.6 Å². The first-order valence-electron chi connectivity index (χ1n) is 6.89. The molecule has 2 nitrogen and oxygen atoms in total. The maximum absolute atomic E-state index is 12.9. The van der Waals surface area contributed by atoms with Gasteiger partial charge in [-0.25, -0.2) is 8.78 Å². The molecule has 0 aliphatic carbocycles. The summed E-state index contributed by atoms with van der Waals surface area (Å²) in [7, 11) is 0. The molecular weight excluding hydrogens is 362 g/mol. The van der Waals surface area contributed by atoms with Crippen LogP contribution in [0.3, 0.4) is 0 Å². The topological polar surface area (TPSA) is 15.3 Å². The molecule has 1 heterocycles. The van der Waals surface area contributed by atoms with Gasteiger partial charge in [-0.2, -0.15) is 13.2 Å². The quantitative estimate of drug-likeness (QED) is 0.782. The fourth-order valence-corrected chi connectivity index (χ4v) is 3.02. The fourth-order valence-electron chi connectivity index (χ4n) is 2.66. The van der Waals surface area contributed by atoms with Crippen LogP contribution in [0.1, 0.15) is 23.6 Å². The van der Waals surface area contributed by atoms with Crippen molar-refractivity contribution in [2.45, 2.75) is 25.1 Å². The Balaban J connectivity index is 0.00000264. The molecule has 1 saturated heterocycles. The Morgan fingerprint density at radius 1 is 1.17 bits per heavy atom. The van der Waals surface area contributed by atoms with E-state index in [9.17, 15) is 22.0 Å². The summed E-state index contributed by atoms with van der Waals surface area (Å²) in [6, 6.07) is 2.65. The van der Waals surface area contributed by atoms with Crippen molar-refractivity contribution in [3.8, 4) is 0 Å². The minimum absolute atomic E-state index is 0. The third-order valence-electron chi connectivity index (χ3n) is 3.69. The van der Waals surface area contributed by atoms with Gasteiger partial charge in [0.15, 0.2) is 0 Å². The number of hydrogen-bond acceptors (Lipinski definition) is 2. The maximum atomic E-state index is 12.9. The Kier molecular flexibility index (Phi) is 7.51. The van der Waals surface area contributed by atoms with Crippen molar-refractivity contribution in [3.05, 3.63) is 34.3 Å². The zero-order valence-corrected chi connectivity index (χ0v) is 13.6. The molecule has 1 aliphatic rings. The van der Waals surface area contributed by atoms with Crippen molar-refractivity contribution in [3.63, 3.8) is 0 Å². The summed E-state index contributed by atoms with van der Waals surface area (Å²) in [6.45, 7) is 2.19. The Morgan fingerprint density at radius 3 is 2.30 bits per heavy atom. The fraction of sp³-hybridized carbons (Fsp3) is 0.571. The number of nitrogens with one attached hydrogen (secondary N) is 1. The average Bonchev–Trinajstić information content (AvgIpc) is 2.45. The predicted molar refractivity (Wildman–Crippen MR) is 81.5 cm³/mol. The molecule has 0 radical (unpaired) electrons. The van der Waals surface area contributed by atoms with Crippen molar-refractivity contribution in [2.24, 2.45) is 0 Å². The molecule has 2 rings (SSSR count). The molecule has 23 heavy (non-hydrogen) atoms. The lowest BCUT2D eigenvalue weighted by Gasteiger charge is -2.35. The molecule has 1 aliphatic heterocycles. The molecular formula is C14H17Cl2F5N2. The second-order valence-electron chi connectivity index (χ2n) is 5.14. The van der Waals surface area contributed by atoms with Gasteiger partial charge in [-0.15, -0.1) is 12.4 Å². The van der Waals surface area contributed by atoms with Gasteiger partial charge in [-0.3, -0.25) is 4.90 Å². The number of nitrogens with zero attached hydrogens (tertiary/aromatic N) is 1. The highest BCUT2D eigenvalue weighted by Crippen LogP contribution is 2.40. The third kappa shape index (κ3) is 5.17. The van der Waals surface area contributed by atoms with Crippen LogP contribution in [0.25, 0.3) is 0 Å². The van der Waals surface area contributed by atoms with Crippen LogP contribution in [0.4, 0.5) is 22.0 Å². The Morgan fingerprint density at radius 2 is 1.78 bits per heavy atom. The van der Waals surface area contributed by atoms with Gasteiger partial charge in [-0.05, 0) is 11.6 Å².